The third-order valence-corrected chi connectivity index (χ3v) is 2.28. The van der Waals surface area contributed by atoms with Crippen LogP contribution in [0.5, 0.6) is 0 Å². The number of amides is 1. The minimum absolute atomic E-state index is 0.0494. The minimum atomic E-state index is -0.0494. The lowest BCUT2D eigenvalue weighted by Crippen LogP contribution is -2.29. The monoisotopic (exact) mass is 214 g/mol. The Bertz CT molecular complexity index is 339. The molecule has 0 unspecified atom stereocenters. The van der Waals surface area contributed by atoms with Gasteiger partial charge in [0.15, 0.2) is 5.82 Å². The zero-order valence-corrected chi connectivity index (χ0v) is 8.29. The second-order valence-corrected chi connectivity index (χ2v) is 3.81. The summed E-state index contributed by atoms with van der Waals surface area (Å²) < 4.78 is 1.44. The number of hydrogen-bond donors (Lipinski definition) is 2. The van der Waals surface area contributed by atoms with E-state index < -0.39 is 0 Å². The average molecular weight is 215 g/mol. The van der Waals surface area contributed by atoms with E-state index in [0.29, 0.717) is 11.1 Å². The van der Waals surface area contributed by atoms with Crippen LogP contribution in [0.3, 0.4) is 0 Å². The second-order valence-electron chi connectivity index (χ2n) is 3.40. The van der Waals surface area contributed by atoms with Crippen LogP contribution in [0.15, 0.2) is 6.20 Å². The number of hydrogen-bond acceptors (Lipinski definition) is 3. The number of nitrogens with two attached hydrogens (primary N) is 1. The number of nitrogens with zero attached hydrogens (tertiary/aromatic N) is 2. The highest BCUT2D eigenvalue weighted by atomic mass is 35.5. The molecule has 6 heteroatoms. The van der Waals surface area contributed by atoms with Crippen molar-refractivity contribution in [3.8, 4) is 0 Å². The first kappa shape index (κ1) is 9.33. The first-order valence-electron chi connectivity index (χ1n) is 4.43. The summed E-state index contributed by atoms with van der Waals surface area (Å²) in [5.74, 6) is 0.206. The Kier molecular flexibility index (Phi) is 2.33. The van der Waals surface area contributed by atoms with Crippen LogP contribution in [-0.4, -0.2) is 21.7 Å². The Morgan fingerprint density at radius 2 is 2.50 bits per heavy atom. The lowest BCUT2D eigenvalue weighted by Gasteiger charge is -2.02. The van der Waals surface area contributed by atoms with Gasteiger partial charge in [-0.2, -0.15) is 5.10 Å². The van der Waals surface area contributed by atoms with Gasteiger partial charge in [0.1, 0.15) is 11.6 Å². The van der Waals surface area contributed by atoms with E-state index in [1.807, 2.05) is 0 Å². The van der Waals surface area contributed by atoms with E-state index in [9.17, 15) is 4.79 Å². The molecular weight excluding hydrogens is 204 g/mol. The van der Waals surface area contributed by atoms with Crippen molar-refractivity contribution in [2.24, 2.45) is 0 Å². The van der Waals surface area contributed by atoms with Crippen molar-refractivity contribution in [1.82, 2.24) is 15.1 Å². The third-order valence-electron chi connectivity index (χ3n) is 1.99. The molecule has 0 radical (unpaired) electrons. The average Bonchev–Trinajstić information content (AvgIpc) is 2.82. The maximum absolute atomic E-state index is 11.3. The summed E-state index contributed by atoms with van der Waals surface area (Å²) in [5.41, 5.74) is 5.43. The first-order chi connectivity index (χ1) is 6.65. The molecule has 0 aliphatic heterocycles. The Labute approximate surface area is 86.2 Å². The number of carbonyl (C=O) groups is 1. The van der Waals surface area contributed by atoms with Crippen molar-refractivity contribution in [1.29, 1.82) is 0 Å². The normalized spacial score (nSPS) is 15.5. The van der Waals surface area contributed by atoms with E-state index in [1.54, 1.807) is 6.20 Å². The van der Waals surface area contributed by atoms with Crippen LogP contribution in [-0.2, 0) is 11.3 Å². The predicted molar refractivity (Wildman–Crippen MR) is 52.8 cm³/mol. The Hall–Kier alpha value is -1.23. The van der Waals surface area contributed by atoms with Crippen LogP contribution in [0.2, 0.25) is 5.02 Å². The highest BCUT2D eigenvalue weighted by molar-refractivity contribution is 6.32. The molecule has 1 aliphatic rings. The van der Waals surface area contributed by atoms with Gasteiger partial charge in [0.05, 0.1) is 0 Å². The van der Waals surface area contributed by atoms with E-state index in [0.717, 1.165) is 12.8 Å². The number of aromatic nitrogens is 2. The van der Waals surface area contributed by atoms with Crippen molar-refractivity contribution in [2.75, 3.05) is 5.73 Å². The Morgan fingerprint density at radius 1 is 1.79 bits per heavy atom. The number of halogens is 1. The van der Waals surface area contributed by atoms with Crippen molar-refractivity contribution < 1.29 is 4.79 Å². The van der Waals surface area contributed by atoms with Crippen molar-refractivity contribution >= 4 is 23.3 Å². The standard InChI is InChI=1S/C8H11ClN4O/c9-6-3-13(12-8(6)10)4-7(14)11-5-1-2-5/h3,5H,1-2,4H2,(H2,10,12)(H,11,14). The quantitative estimate of drug-likeness (QED) is 0.765. The van der Waals surface area contributed by atoms with Crippen LogP contribution >= 0.6 is 11.6 Å². The molecule has 1 heterocycles. The van der Waals surface area contributed by atoms with Crippen LogP contribution in [0.1, 0.15) is 12.8 Å². The first-order valence-corrected chi connectivity index (χ1v) is 4.81. The van der Waals surface area contributed by atoms with Gasteiger partial charge in [-0.25, -0.2) is 0 Å². The molecule has 76 valence electrons. The van der Waals surface area contributed by atoms with Gasteiger partial charge < -0.3 is 11.1 Å². The fourth-order valence-electron chi connectivity index (χ4n) is 1.14. The fraction of sp³-hybridized carbons (Fsp3) is 0.500. The molecule has 0 aromatic carbocycles. The van der Waals surface area contributed by atoms with Crippen LogP contribution in [0.25, 0.3) is 0 Å². The summed E-state index contributed by atoms with van der Waals surface area (Å²) in [6.45, 7) is 0.174. The molecule has 1 fully saturated rings. The SMILES string of the molecule is Nc1nn(CC(=O)NC2CC2)cc1Cl. The van der Waals surface area contributed by atoms with E-state index in [1.165, 1.54) is 4.68 Å². The second kappa shape index (κ2) is 3.49. The van der Waals surface area contributed by atoms with Crippen molar-refractivity contribution in [2.45, 2.75) is 25.4 Å². The number of nitrogens with one attached hydrogen (secondary N) is 1. The molecule has 0 atom stereocenters. The van der Waals surface area contributed by atoms with Crippen LogP contribution < -0.4 is 11.1 Å². The van der Waals surface area contributed by atoms with Crippen LogP contribution in [0.4, 0.5) is 5.82 Å². The Morgan fingerprint density at radius 3 is 3.00 bits per heavy atom. The lowest BCUT2D eigenvalue weighted by atomic mass is 10.5. The molecule has 2 rings (SSSR count). The molecule has 0 spiro atoms. The summed E-state index contributed by atoms with van der Waals surface area (Å²) in [6, 6.07) is 0.367. The maximum atomic E-state index is 11.3. The van der Waals surface area contributed by atoms with Gasteiger partial charge in [-0.15, -0.1) is 0 Å². The van der Waals surface area contributed by atoms with E-state index in [4.69, 9.17) is 17.3 Å². The molecule has 5 nitrogen and oxygen atoms in total. The Balaban J connectivity index is 1.92. The molecule has 1 saturated carbocycles. The maximum Gasteiger partial charge on any atom is 0.241 e. The van der Waals surface area contributed by atoms with E-state index in [2.05, 4.69) is 10.4 Å². The largest absolute Gasteiger partial charge is 0.381 e. The highest BCUT2D eigenvalue weighted by Crippen LogP contribution is 2.19. The molecule has 0 saturated heterocycles. The number of nitrogen functional groups attached to an aromatic ring is 1. The summed E-state index contributed by atoms with van der Waals surface area (Å²) >= 11 is 5.69. The zero-order valence-electron chi connectivity index (χ0n) is 7.53. The fourth-order valence-corrected chi connectivity index (χ4v) is 1.29. The van der Waals surface area contributed by atoms with Crippen LogP contribution in [0, 0.1) is 0 Å². The summed E-state index contributed by atoms with van der Waals surface area (Å²) in [5, 5.41) is 7.11. The van der Waals surface area contributed by atoms with Crippen molar-refractivity contribution in [3.05, 3.63) is 11.2 Å². The summed E-state index contributed by atoms with van der Waals surface area (Å²) in [6.07, 6.45) is 3.70. The van der Waals surface area contributed by atoms with Gasteiger partial charge in [-0.3, -0.25) is 9.48 Å². The lowest BCUT2D eigenvalue weighted by molar-refractivity contribution is -0.121. The summed E-state index contributed by atoms with van der Waals surface area (Å²) in [4.78, 5) is 11.3. The van der Waals surface area contributed by atoms with Gasteiger partial charge in [0.25, 0.3) is 0 Å². The molecule has 1 aromatic heterocycles. The molecule has 14 heavy (non-hydrogen) atoms. The minimum Gasteiger partial charge on any atom is -0.381 e. The van der Waals surface area contributed by atoms with Gasteiger partial charge >= 0.3 is 0 Å². The smallest absolute Gasteiger partial charge is 0.241 e. The van der Waals surface area contributed by atoms with E-state index >= 15 is 0 Å². The zero-order chi connectivity index (χ0) is 10.1. The van der Waals surface area contributed by atoms with Gasteiger partial charge in [-0.1, -0.05) is 11.6 Å². The predicted octanol–water partition coefficient (Wildman–Crippen LogP) is 0.397. The summed E-state index contributed by atoms with van der Waals surface area (Å²) in [7, 11) is 0. The van der Waals surface area contributed by atoms with E-state index in [-0.39, 0.29) is 18.3 Å². The van der Waals surface area contributed by atoms with Gasteiger partial charge in [0.2, 0.25) is 5.91 Å². The molecule has 3 N–H and O–H groups in total. The number of anilines is 1. The number of carbonyl (C=O) groups excluding carboxylic acids is 1. The van der Waals surface area contributed by atoms with Gasteiger partial charge in [-0.05, 0) is 12.8 Å². The topological polar surface area (TPSA) is 72.9 Å². The third kappa shape index (κ3) is 2.17. The molecule has 1 aliphatic carbocycles. The molecule has 0 bridgehead atoms. The highest BCUT2D eigenvalue weighted by Gasteiger charge is 2.23. The molecular formula is C8H11ClN4O. The molecule has 1 amide bonds. The molecule has 1 aromatic rings. The van der Waals surface area contributed by atoms with Crippen molar-refractivity contribution in [3.63, 3.8) is 0 Å². The van der Waals surface area contributed by atoms with Gasteiger partial charge in [0, 0.05) is 12.2 Å². The number of rotatable bonds is 3.